The van der Waals surface area contributed by atoms with Crippen LogP contribution in [0.2, 0.25) is 0 Å². The van der Waals surface area contributed by atoms with E-state index in [0.29, 0.717) is 0 Å². The van der Waals surface area contributed by atoms with Gasteiger partial charge < -0.3 is 9.30 Å². The summed E-state index contributed by atoms with van der Waals surface area (Å²) in [4.78, 5) is 2.34. The lowest BCUT2D eigenvalue weighted by Crippen LogP contribution is -2.37. The first kappa shape index (κ1) is 15.7. The van der Waals surface area contributed by atoms with E-state index >= 15 is 0 Å². The molecule has 4 aromatic rings. The quantitative estimate of drug-likeness (QED) is 0.426. The third-order valence-corrected chi connectivity index (χ3v) is 4.48. The van der Waals surface area contributed by atoms with Crippen LogP contribution in [0.3, 0.4) is 0 Å². The van der Waals surface area contributed by atoms with E-state index in [1.807, 2.05) is 46.9 Å². The summed E-state index contributed by atoms with van der Waals surface area (Å²) >= 11 is 0. The third-order valence-electron chi connectivity index (χ3n) is 4.48. The van der Waals surface area contributed by atoms with Gasteiger partial charge in [0.25, 0.3) is 0 Å². The van der Waals surface area contributed by atoms with Crippen molar-refractivity contribution in [3.8, 4) is 0 Å². The summed E-state index contributed by atoms with van der Waals surface area (Å²) in [5, 5.41) is 1.12. The van der Waals surface area contributed by atoms with Crippen LogP contribution in [0, 0.1) is 5.82 Å². The minimum absolute atomic E-state index is 0.139. The molecule has 0 radical (unpaired) electrons. The molecular weight excluding hydrogens is 311 g/mol. The van der Waals surface area contributed by atoms with E-state index in [2.05, 4.69) is 43.9 Å². The fourth-order valence-electron chi connectivity index (χ4n) is 3.55. The molecule has 2 nitrogen and oxygen atoms in total. The molecule has 2 heterocycles. The van der Waals surface area contributed by atoms with Crippen molar-refractivity contribution in [2.75, 3.05) is 4.90 Å². The Balaban J connectivity index is 2.13. The van der Waals surface area contributed by atoms with Crippen molar-refractivity contribution < 1.29 is 4.39 Å². The lowest BCUT2D eigenvalue weighted by atomic mass is 10.0. The summed E-state index contributed by atoms with van der Waals surface area (Å²) in [6.07, 6.45) is 1.56. The zero-order valence-electron chi connectivity index (χ0n) is 14.7. The van der Waals surface area contributed by atoms with Crippen molar-refractivity contribution >= 4 is 27.8 Å². The van der Waals surface area contributed by atoms with Crippen molar-refractivity contribution in [2.24, 2.45) is 0 Å². The highest BCUT2D eigenvalue weighted by molar-refractivity contribution is 6.05. The average Bonchev–Trinajstić information content (AvgIpc) is 2.89. The van der Waals surface area contributed by atoms with Crippen LogP contribution in [0.25, 0.3) is 16.4 Å². The van der Waals surface area contributed by atoms with Gasteiger partial charge in [-0.15, -0.1) is 0 Å². The third kappa shape index (κ3) is 2.56. The molecule has 0 spiro atoms. The number of aromatic nitrogens is 1. The molecule has 0 atom stereocenters. The average molecular weight is 332 g/mol. The van der Waals surface area contributed by atoms with Crippen LogP contribution >= 0.6 is 0 Å². The van der Waals surface area contributed by atoms with Crippen LogP contribution in [0.15, 0.2) is 72.9 Å². The lowest BCUT2D eigenvalue weighted by Gasteiger charge is -2.37. The van der Waals surface area contributed by atoms with E-state index in [9.17, 15) is 4.39 Å². The Hall–Kier alpha value is -2.81. The van der Waals surface area contributed by atoms with E-state index < -0.39 is 0 Å². The van der Waals surface area contributed by atoms with E-state index in [-0.39, 0.29) is 11.4 Å². The first-order valence-corrected chi connectivity index (χ1v) is 8.50. The number of hydrogen-bond acceptors (Lipinski definition) is 1. The second-order valence-corrected chi connectivity index (χ2v) is 7.31. The fourth-order valence-corrected chi connectivity index (χ4v) is 3.55. The molecule has 0 saturated heterocycles. The van der Waals surface area contributed by atoms with Gasteiger partial charge in [-0.3, -0.25) is 0 Å². The molecule has 0 aliphatic rings. The molecule has 0 amide bonds. The van der Waals surface area contributed by atoms with E-state index in [1.54, 1.807) is 6.20 Å². The maximum atomic E-state index is 13.9. The Labute approximate surface area is 147 Å². The standard InChI is InChI=1S/C22H21FN2/c1-22(2,3)25(17-9-5-4-6-10-17)21-18-11-7-8-12-19(18)24-15-16(23)13-14-20(21)24/h4-15H,1-3H3. The Morgan fingerprint density at radius 2 is 1.48 bits per heavy atom. The summed E-state index contributed by atoms with van der Waals surface area (Å²) in [6.45, 7) is 6.59. The van der Waals surface area contributed by atoms with Crippen molar-refractivity contribution in [1.29, 1.82) is 0 Å². The SMILES string of the molecule is CC(C)(C)N(c1ccccc1)c1c2ccccc2n2cc(F)ccc12. The number of anilines is 2. The van der Waals surface area contributed by atoms with Crippen LogP contribution < -0.4 is 4.90 Å². The van der Waals surface area contributed by atoms with Gasteiger partial charge in [-0.05, 0) is 51.1 Å². The molecule has 0 aliphatic carbocycles. The number of fused-ring (bicyclic) bond motifs is 3. The van der Waals surface area contributed by atoms with Gasteiger partial charge in [0.2, 0.25) is 0 Å². The van der Waals surface area contributed by atoms with E-state index in [1.165, 1.54) is 6.07 Å². The van der Waals surface area contributed by atoms with Crippen LogP contribution in [0.4, 0.5) is 15.8 Å². The summed E-state index contributed by atoms with van der Waals surface area (Å²) in [6, 6.07) is 21.9. The molecule has 3 heteroatoms. The molecule has 0 unspecified atom stereocenters. The molecule has 0 N–H and O–H groups in total. The van der Waals surface area contributed by atoms with Gasteiger partial charge in [0.05, 0.1) is 16.7 Å². The minimum Gasteiger partial charge on any atom is -0.334 e. The first-order valence-electron chi connectivity index (χ1n) is 8.50. The molecule has 25 heavy (non-hydrogen) atoms. The number of para-hydroxylation sites is 2. The molecule has 2 aromatic carbocycles. The number of pyridine rings is 1. The topological polar surface area (TPSA) is 7.65 Å². The Morgan fingerprint density at radius 3 is 2.20 bits per heavy atom. The monoisotopic (exact) mass is 332 g/mol. The van der Waals surface area contributed by atoms with Crippen molar-refractivity contribution in [3.05, 3.63) is 78.7 Å². The minimum atomic E-state index is -0.234. The molecule has 2 aromatic heterocycles. The van der Waals surface area contributed by atoms with Gasteiger partial charge in [0.15, 0.2) is 0 Å². The lowest BCUT2D eigenvalue weighted by molar-refractivity contribution is 0.562. The largest absolute Gasteiger partial charge is 0.334 e. The summed E-state index contributed by atoms with van der Waals surface area (Å²) in [7, 11) is 0. The van der Waals surface area contributed by atoms with Gasteiger partial charge in [-0.1, -0.05) is 36.4 Å². The maximum Gasteiger partial charge on any atom is 0.139 e. The highest BCUT2D eigenvalue weighted by atomic mass is 19.1. The molecule has 4 rings (SSSR count). The predicted octanol–water partition coefficient (Wildman–Crippen LogP) is 6.17. The number of rotatable bonds is 2. The smallest absolute Gasteiger partial charge is 0.139 e. The molecule has 0 fully saturated rings. The second kappa shape index (κ2) is 5.62. The summed E-state index contributed by atoms with van der Waals surface area (Å²) < 4.78 is 15.8. The molecular formula is C22H21FN2. The molecule has 126 valence electrons. The number of halogens is 1. The summed E-state index contributed by atoms with van der Waals surface area (Å²) in [5.41, 5.74) is 4.10. The van der Waals surface area contributed by atoms with Crippen molar-refractivity contribution in [3.63, 3.8) is 0 Å². The van der Waals surface area contributed by atoms with Crippen molar-refractivity contribution in [1.82, 2.24) is 4.40 Å². The van der Waals surface area contributed by atoms with Crippen LogP contribution in [-0.4, -0.2) is 9.94 Å². The zero-order chi connectivity index (χ0) is 17.6. The summed E-state index contributed by atoms with van der Waals surface area (Å²) in [5.74, 6) is -0.234. The zero-order valence-corrected chi connectivity index (χ0v) is 14.7. The maximum absolute atomic E-state index is 13.9. The van der Waals surface area contributed by atoms with Gasteiger partial charge in [0.1, 0.15) is 5.82 Å². The second-order valence-electron chi connectivity index (χ2n) is 7.31. The Bertz CT molecular complexity index is 1040. The van der Waals surface area contributed by atoms with Gasteiger partial charge in [-0.25, -0.2) is 4.39 Å². The molecule has 0 aliphatic heterocycles. The first-order chi connectivity index (χ1) is 12.0. The van der Waals surface area contributed by atoms with Crippen LogP contribution in [0.1, 0.15) is 20.8 Å². The van der Waals surface area contributed by atoms with Crippen LogP contribution in [-0.2, 0) is 0 Å². The fraction of sp³-hybridized carbons (Fsp3) is 0.182. The highest BCUT2D eigenvalue weighted by Gasteiger charge is 2.28. The number of hydrogen-bond donors (Lipinski definition) is 0. The normalized spacial score (nSPS) is 12.0. The van der Waals surface area contributed by atoms with Crippen molar-refractivity contribution in [2.45, 2.75) is 26.3 Å². The Kier molecular flexibility index (Phi) is 3.53. The molecule has 0 saturated carbocycles. The van der Waals surface area contributed by atoms with Gasteiger partial charge in [-0.2, -0.15) is 0 Å². The molecule has 0 bridgehead atoms. The Morgan fingerprint density at radius 1 is 0.800 bits per heavy atom. The van der Waals surface area contributed by atoms with Gasteiger partial charge >= 0.3 is 0 Å². The van der Waals surface area contributed by atoms with E-state index in [0.717, 1.165) is 27.8 Å². The highest BCUT2D eigenvalue weighted by Crippen LogP contribution is 2.42. The number of benzene rings is 2. The number of nitrogens with zero attached hydrogens (tertiary/aromatic N) is 2. The van der Waals surface area contributed by atoms with E-state index in [4.69, 9.17) is 0 Å². The predicted molar refractivity (Wildman–Crippen MR) is 103 cm³/mol. The van der Waals surface area contributed by atoms with Gasteiger partial charge in [0, 0.05) is 22.8 Å². The van der Waals surface area contributed by atoms with Crippen LogP contribution in [0.5, 0.6) is 0 Å².